The smallest absolute Gasteiger partial charge is 0.259 e. The third-order valence-electron chi connectivity index (χ3n) is 5.40. The lowest BCUT2D eigenvalue weighted by molar-refractivity contribution is 0.0989. The Morgan fingerprint density at radius 2 is 2.03 bits per heavy atom. The molecule has 0 bridgehead atoms. The Labute approximate surface area is 179 Å². The van der Waals surface area contributed by atoms with E-state index in [2.05, 4.69) is 32.2 Å². The minimum Gasteiger partial charge on any atom is -0.377 e. The summed E-state index contributed by atoms with van der Waals surface area (Å²) < 4.78 is 7.18. The maximum absolute atomic E-state index is 13.2. The van der Waals surface area contributed by atoms with Crippen LogP contribution in [0.2, 0.25) is 0 Å². The molecule has 156 valence electrons. The van der Waals surface area contributed by atoms with Gasteiger partial charge in [-0.05, 0) is 19.1 Å². The van der Waals surface area contributed by atoms with Crippen molar-refractivity contribution >= 4 is 22.9 Å². The Hall–Kier alpha value is -3.78. The Morgan fingerprint density at radius 3 is 2.87 bits per heavy atom. The number of carbonyl (C=O) groups is 1. The van der Waals surface area contributed by atoms with Crippen LogP contribution in [0.3, 0.4) is 0 Å². The third kappa shape index (κ3) is 3.73. The van der Waals surface area contributed by atoms with Gasteiger partial charge in [-0.3, -0.25) is 9.78 Å². The molecule has 8 nitrogen and oxygen atoms in total. The normalized spacial score (nSPS) is 16.4. The molecule has 0 aliphatic carbocycles. The van der Waals surface area contributed by atoms with E-state index in [1.54, 1.807) is 29.2 Å². The van der Waals surface area contributed by atoms with Crippen molar-refractivity contribution < 1.29 is 9.53 Å². The van der Waals surface area contributed by atoms with E-state index in [-0.39, 0.29) is 11.9 Å². The zero-order valence-electron chi connectivity index (χ0n) is 17.1. The number of nitrogens with zero attached hydrogens (tertiary/aromatic N) is 5. The van der Waals surface area contributed by atoms with Crippen LogP contribution >= 0.6 is 0 Å². The van der Waals surface area contributed by atoms with Crippen molar-refractivity contribution in [2.24, 2.45) is 0 Å². The number of anilines is 2. The van der Waals surface area contributed by atoms with Crippen molar-refractivity contribution in [3.8, 4) is 11.3 Å². The fourth-order valence-corrected chi connectivity index (χ4v) is 3.83. The number of imidazole rings is 1. The summed E-state index contributed by atoms with van der Waals surface area (Å²) in [6.07, 6.45) is 6.84. The molecule has 4 aromatic rings. The highest BCUT2D eigenvalue weighted by molar-refractivity contribution is 6.09. The van der Waals surface area contributed by atoms with Crippen LogP contribution in [-0.4, -0.2) is 51.3 Å². The van der Waals surface area contributed by atoms with Crippen molar-refractivity contribution in [3.05, 3.63) is 72.8 Å². The van der Waals surface area contributed by atoms with Crippen LogP contribution in [0.5, 0.6) is 0 Å². The van der Waals surface area contributed by atoms with E-state index in [1.807, 2.05) is 42.6 Å². The summed E-state index contributed by atoms with van der Waals surface area (Å²) in [7, 11) is 0. The number of benzene rings is 1. The molecule has 1 N–H and O–H groups in total. The molecule has 0 radical (unpaired) electrons. The maximum atomic E-state index is 13.2. The number of morpholine rings is 1. The molecule has 1 aliphatic rings. The van der Waals surface area contributed by atoms with Crippen molar-refractivity contribution in [2.45, 2.75) is 13.0 Å². The summed E-state index contributed by atoms with van der Waals surface area (Å²) in [5.41, 5.74) is 4.27. The summed E-state index contributed by atoms with van der Waals surface area (Å²) in [6.45, 7) is 4.17. The first kappa shape index (κ1) is 19.2. The van der Waals surface area contributed by atoms with E-state index < -0.39 is 0 Å². The first-order chi connectivity index (χ1) is 15.2. The molecule has 1 amide bonds. The number of ether oxygens (including phenoxy) is 1. The molecule has 4 heterocycles. The molecule has 1 aliphatic heterocycles. The van der Waals surface area contributed by atoms with Gasteiger partial charge in [0.25, 0.3) is 5.91 Å². The van der Waals surface area contributed by atoms with Crippen LogP contribution in [-0.2, 0) is 4.74 Å². The van der Waals surface area contributed by atoms with Crippen LogP contribution in [0.4, 0.5) is 11.4 Å². The second-order valence-corrected chi connectivity index (χ2v) is 7.47. The zero-order valence-corrected chi connectivity index (χ0v) is 17.1. The monoisotopic (exact) mass is 414 g/mol. The molecule has 3 aromatic heterocycles. The Bertz CT molecular complexity index is 1220. The van der Waals surface area contributed by atoms with Crippen molar-refractivity contribution in [1.29, 1.82) is 0 Å². The molecule has 0 saturated carbocycles. The van der Waals surface area contributed by atoms with E-state index in [4.69, 9.17) is 4.74 Å². The first-order valence-corrected chi connectivity index (χ1v) is 10.2. The van der Waals surface area contributed by atoms with Gasteiger partial charge in [-0.15, -0.1) is 0 Å². The molecule has 0 unspecified atom stereocenters. The maximum Gasteiger partial charge on any atom is 0.259 e. The second-order valence-electron chi connectivity index (χ2n) is 7.47. The minimum atomic E-state index is -0.257. The van der Waals surface area contributed by atoms with E-state index >= 15 is 0 Å². The quantitative estimate of drug-likeness (QED) is 0.552. The number of hydrogen-bond acceptors (Lipinski definition) is 6. The van der Waals surface area contributed by atoms with E-state index in [0.29, 0.717) is 30.1 Å². The lowest BCUT2D eigenvalue weighted by atomic mass is 10.2. The van der Waals surface area contributed by atoms with Gasteiger partial charge in [0, 0.05) is 30.5 Å². The highest BCUT2D eigenvalue weighted by Gasteiger charge is 2.23. The molecule has 5 rings (SSSR count). The standard InChI is InChI=1S/C23H22N6O2/c1-16-15-31-12-11-28(16)21-8-9-24-13-19(21)27-23(30)18-7-10-25-29-14-20(26-22(18)29)17-5-3-2-4-6-17/h2-10,13-14,16H,11-12,15H2,1H3,(H,27,30)/t16-/m1/s1. The molecule has 1 fully saturated rings. The summed E-state index contributed by atoms with van der Waals surface area (Å²) in [5.74, 6) is -0.257. The number of rotatable bonds is 4. The first-order valence-electron chi connectivity index (χ1n) is 10.2. The van der Waals surface area contributed by atoms with Gasteiger partial charge in [-0.1, -0.05) is 30.3 Å². The topological polar surface area (TPSA) is 84.6 Å². The Morgan fingerprint density at radius 1 is 1.16 bits per heavy atom. The number of pyridine rings is 1. The number of nitrogens with one attached hydrogen (secondary N) is 1. The van der Waals surface area contributed by atoms with Crippen LogP contribution in [0.1, 0.15) is 17.3 Å². The predicted octanol–water partition coefficient (Wildman–Crippen LogP) is 3.27. The van der Waals surface area contributed by atoms with Crippen LogP contribution in [0.25, 0.3) is 16.9 Å². The molecule has 1 aromatic carbocycles. The summed E-state index contributed by atoms with van der Waals surface area (Å²) in [4.78, 5) is 24.3. The van der Waals surface area contributed by atoms with E-state index in [0.717, 1.165) is 23.5 Å². The molecule has 1 atom stereocenters. The Balaban J connectivity index is 1.47. The molecular weight excluding hydrogens is 392 g/mol. The number of fused-ring (bicyclic) bond motifs is 1. The van der Waals surface area contributed by atoms with Gasteiger partial charge in [0.15, 0.2) is 5.65 Å². The second kappa shape index (κ2) is 8.16. The fraction of sp³-hybridized carbons (Fsp3) is 0.217. The number of carbonyl (C=O) groups excluding carboxylic acids is 1. The van der Waals surface area contributed by atoms with Crippen molar-refractivity contribution in [2.75, 3.05) is 30.0 Å². The summed E-state index contributed by atoms with van der Waals surface area (Å²) >= 11 is 0. The van der Waals surface area contributed by atoms with Gasteiger partial charge < -0.3 is 15.0 Å². The summed E-state index contributed by atoms with van der Waals surface area (Å²) in [5, 5.41) is 7.34. The van der Waals surface area contributed by atoms with Crippen molar-refractivity contribution in [3.63, 3.8) is 0 Å². The summed E-state index contributed by atoms with van der Waals surface area (Å²) in [6, 6.07) is 13.6. The Kier molecular flexibility index (Phi) is 5.05. The molecule has 1 saturated heterocycles. The van der Waals surface area contributed by atoms with Crippen LogP contribution in [0, 0.1) is 0 Å². The lowest BCUT2D eigenvalue weighted by Crippen LogP contribution is -2.44. The SMILES string of the molecule is C[C@@H]1COCCN1c1ccncc1NC(=O)c1ccnn2cc(-c3ccccc3)nc12. The van der Waals surface area contributed by atoms with Gasteiger partial charge in [0.2, 0.25) is 0 Å². The number of amides is 1. The number of aromatic nitrogens is 4. The van der Waals surface area contributed by atoms with Crippen molar-refractivity contribution in [1.82, 2.24) is 19.6 Å². The zero-order chi connectivity index (χ0) is 21.2. The van der Waals surface area contributed by atoms with E-state index in [1.165, 1.54) is 0 Å². The van der Waals surface area contributed by atoms with Gasteiger partial charge >= 0.3 is 0 Å². The molecule has 0 spiro atoms. The average molecular weight is 414 g/mol. The lowest BCUT2D eigenvalue weighted by Gasteiger charge is -2.36. The van der Waals surface area contributed by atoms with Gasteiger partial charge in [0.05, 0.1) is 48.2 Å². The van der Waals surface area contributed by atoms with Gasteiger partial charge in [-0.25, -0.2) is 9.50 Å². The average Bonchev–Trinajstić information content (AvgIpc) is 3.25. The van der Waals surface area contributed by atoms with Gasteiger partial charge in [-0.2, -0.15) is 5.10 Å². The predicted molar refractivity (Wildman–Crippen MR) is 118 cm³/mol. The fourth-order valence-electron chi connectivity index (χ4n) is 3.83. The molecular formula is C23H22N6O2. The third-order valence-corrected chi connectivity index (χ3v) is 5.40. The van der Waals surface area contributed by atoms with Gasteiger partial charge in [0.1, 0.15) is 0 Å². The largest absolute Gasteiger partial charge is 0.377 e. The highest BCUT2D eigenvalue weighted by Crippen LogP contribution is 2.28. The minimum absolute atomic E-state index is 0.208. The van der Waals surface area contributed by atoms with Crippen LogP contribution in [0.15, 0.2) is 67.3 Å². The molecule has 31 heavy (non-hydrogen) atoms. The number of hydrogen-bond donors (Lipinski definition) is 1. The van der Waals surface area contributed by atoms with Crippen LogP contribution < -0.4 is 10.2 Å². The highest BCUT2D eigenvalue weighted by atomic mass is 16.5. The molecule has 8 heteroatoms. The van der Waals surface area contributed by atoms with E-state index in [9.17, 15) is 4.79 Å².